The third-order valence-electron chi connectivity index (χ3n) is 4.10. The molecule has 2 fully saturated rings. The minimum Gasteiger partial charge on any atom is -0.338 e. The first-order chi connectivity index (χ1) is 8.54. The number of carbonyl (C=O) groups is 1. The number of carbonyl (C=O) groups excluding carboxylic acids is 1. The van der Waals surface area contributed by atoms with Gasteiger partial charge in [-0.15, -0.1) is 0 Å². The van der Waals surface area contributed by atoms with Crippen LogP contribution in [0, 0.1) is 0 Å². The minimum atomic E-state index is -3.26. The number of hydrogen-bond donors (Lipinski definition) is 1. The second kappa shape index (κ2) is 5.57. The topological polar surface area (TPSA) is 80.5 Å². The lowest BCUT2D eigenvalue weighted by molar-refractivity contribution is -0.129. The van der Waals surface area contributed by atoms with Gasteiger partial charge in [-0.05, 0) is 25.7 Å². The zero-order valence-electron chi connectivity index (χ0n) is 10.7. The maximum Gasteiger partial charge on any atom is 0.238 e. The molecule has 1 saturated carbocycles. The summed E-state index contributed by atoms with van der Waals surface area (Å²) < 4.78 is 24.2. The standard InChI is InChI=1S/C12H22N2O3S/c13-8-10-4-3-7-14(10)12(15)9-18(16,17)11-5-1-2-6-11/h10-11H,1-9,13H2. The zero-order chi connectivity index (χ0) is 13.2. The van der Waals surface area contributed by atoms with Gasteiger partial charge in [0.05, 0.1) is 5.25 Å². The van der Waals surface area contributed by atoms with Gasteiger partial charge in [-0.3, -0.25) is 4.79 Å². The van der Waals surface area contributed by atoms with E-state index in [-0.39, 0.29) is 23.0 Å². The summed E-state index contributed by atoms with van der Waals surface area (Å²) in [4.78, 5) is 13.7. The van der Waals surface area contributed by atoms with E-state index >= 15 is 0 Å². The van der Waals surface area contributed by atoms with Gasteiger partial charge in [0.25, 0.3) is 0 Å². The van der Waals surface area contributed by atoms with Crippen molar-refractivity contribution in [1.82, 2.24) is 4.90 Å². The quantitative estimate of drug-likeness (QED) is 0.799. The lowest BCUT2D eigenvalue weighted by Gasteiger charge is -2.24. The molecule has 0 radical (unpaired) electrons. The summed E-state index contributed by atoms with van der Waals surface area (Å²) in [5.41, 5.74) is 5.60. The fourth-order valence-corrected chi connectivity index (χ4v) is 4.83. The van der Waals surface area contributed by atoms with Crippen molar-refractivity contribution in [2.45, 2.75) is 49.8 Å². The monoisotopic (exact) mass is 274 g/mol. The molecular weight excluding hydrogens is 252 g/mol. The predicted octanol–water partition coefficient (Wildman–Crippen LogP) is 0.293. The van der Waals surface area contributed by atoms with Gasteiger partial charge in [-0.25, -0.2) is 8.42 Å². The van der Waals surface area contributed by atoms with Gasteiger partial charge in [0, 0.05) is 19.1 Å². The fourth-order valence-electron chi connectivity index (χ4n) is 3.03. The van der Waals surface area contributed by atoms with Crippen molar-refractivity contribution in [2.24, 2.45) is 5.73 Å². The van der Waals surface area contributed by atoms with Crippen LogP contribution in [0.15, 0.2) is 0 Å². The normalized spacial score (nSPS) is 25.8. The third kappa shape index (κ3) is 2.85. The molecule has 1 unspecified atom stereocenters. The Hall–Kier alpha value is -0.620. The second-order valence-corrected chi connectivity index (χ2v) is 7.61. The number of nitrogens with zero attached hydrogens (tertiary/aromatic N) is 1. The van der Waals surface area contributed by atoms with Gasteiger partial charge in [-0.2, -0.15) is 0 Å². The largest absolute Gasteiger partial charge is 0.338 e. The van der Waals surface area contributed by atoms with E-state index in [1.54, 1.807) is 4.90 Å². The van der Waals surface area contributed by atoms with Crippen LogP contribution in [0.1, 0.15) is 38.5 Å². The molecule has 0 aromatic carbocycles. The van der Waals surface area contributed by atoms with Crippen molar-refractivity contribution >= 4 is 15.7 Å². The molecule has 5 nitrogen and oxygen atoms in total. The number of sulfone groups is 1. The van der Waals surface area contributed by atoms with Crippen LogP contribution in [-0.4, -0.2) is 49.4 Å². The SMILES string of the molecule is NCC1CCCN1C(=O)CS(=O)(=O)C1CCCC1. The molecule has 104 valence electrons. The van der Waals surface area contributed by atoms with E-state index in [9.17, 15) is 13.2 Å². The molecule has 18 heavy (non-hydrogen) atoms. The first-order valence-electron chi connectivity index (χ1n) is 6.75. The van der Waals surface area contributed by atoms with Crippen molar-refractivity contribution in [1.29, 1.82) is 0 Å². The van der Waals surface area contributed by atoms with Crippen LogP contribution in [0.25, 0.3) is 0 Å². The number of amides is 1. The molecule has 1 aliphatic carbocycles. The fraction of sp³-hybridized carbons (Fsp3) is 0.917. The van der Waals surface area contributed by atoms with Gasteiger partial charge in [0.1, 0.15) is 5.75 Å². The van der Waals surface area contributed by atoms with E-state index in [2.05, 4.69) is 0 Å². The van der Waals surface area contributed by atoms with E-state index in [1.807, 2.05) is 0 Å². The maximum atomic E-state index is 12.1. The van der Waals surface area contributed by atoms with E-state index in [0.29, 0.717) is 13.1 Å². The number of hydrogen-bond acceptors (Lipinski definition) is 4. The zero-order valence-corrected chi connectivity index (χ0v) is 11.5. The Balaban J connectivity index is 1.98. The van der Waals surface area contributed by atoms with Crippen LogP contribution in [0.4, 0.5) is 0 Å². The minimum absolute atomic E-state index is 0.0382. The molecule has 2 rings (SSSR count). The lowest BCUT2D eigenvalue weighted by atomic mass is 10.2. The molecule has 0 bridgehead atoms. The van der Waals surface area contributed by atoms with E-state index in [0.717, 1.165) is 38.5 Å². The molecule has 0 spiro atoms. The summed E-state index contributed by atoms with van der Waals surface area (Å²) in [5, 5.41) is -0.291. The highest BCUT2D eigenvalue weighted by Gasteiger charge is 2.34. The highest BCUT2D eigenvalue weighted by atomic mass is 32.2. The molecular formula is C12H22N2O3S. The average Bonchev–Trinajstić information content (AvgIpc) is 2.99. The van der Waals surface area contributed by atoms with Crippen LogP contribution in [0.5, 0.6) is 0 Å². The third-order valence-corrected chi connectivity index (χ3v) is 6.24. The average molecular weight is 274 g/mol. The highest BCUT2D eigenvalue weighted by molar-refractivity contribution is 7.92. The molecule has 0 aromatic rings. The Morgan fingerprint density at radius 3 is 2.44 bits per heavy atom. The Morgan fingerprint density at radius 1 is 1.17 bits per heavy atom. The summed E-state index contributed by atoms with van der Waals surface area (Å²) in [5.74, 6) is -0.580. The van der Waals surface area contributed by atoms with Crippen molar-refractivity contribution in [3.8, 4) is 0 Å². The Morgan fingerprint density at radius 2 is 1.83 bits per heavy atom. The molecule has 2 N–H and O–H groups in total. The first kappa shape index (κ1) is 13.8. The van der Waals surface area contributed by atoms with Gasteiger partial charge in [0.15, 0.2) is 9.84 Å². The van der Waals surface area contributed by atoms with E-state index < -0.39 is 9.84 Å². The van der Waals surface area contributed by atoms with Crippen LogP contribution in [0.2, 0.25) is 0 Å². The molecule has 1 atom stereocenters. The van der Waals surface area contributed by atoms with Crippen molar-refractivity contribution in [3.63, 3.8) is 0 Å². The lowest BCUT2D eigenvalue weighted by Crippen LogP contribution is -2.43. The summed E-state index contributed by atoms with van der Waals surface area (Å²) in [6.07, 6.45) is 5.19. The Labute approximate surface area is 109 Å². The number of rotatable bonds is 4. The number of nitrogens with two attached hydrogens (primary N) is 1. The summed E-state index contributed by atoms with van der Waals surface area (Å²) in [7, 11) is -3.26. The highest BCUT2D eigenvalue weighted by Crippen LogP contribution is 2.26. The van der Waals surface area contributed by atoms with Crippen LogP contribution in [0.3, 0.4) is 0 Å². The molecule has 6 heteroatoms. The second-order valence-electron chi connectivity index (χ2n) is 5.33. The van der Waals surface area contributed by atoms with Gasteiger partial charge >= 0.3 is 0 Å². The van der Waals surface area contributed by atoms with Crippen LogP contribution < -0.4 is 5.73 Å². The molecule has 1 amide bonds. The summed E-state index contributed by atoms with van der Waals surface area (Å²) in [6, 6.07) is 0.0382. The number of likely N-dealkylation sites (tertiary alicyclic amines) is 1. The van der Waals surface area contributed by atoms with Crippen molar-refractivity contribution in [3.05, 3.63) is 0 Å². The Bertz CT molecular complexity index is 402. The molecule has 1 saturated heterocycles. The van der Waals surface area contributed by atoms with Gasteiger partial charge in [0.2, 0.25) is 5.91 Å². The molecule has 2 aliphatic rings. The smallest absolute Gasteiger partial charge is 0.238 e. The first-order valence-corrected chi connectivity index (χ1v) is 8.47. The molecule has 1 heterocycles. The summed E-state index contributed by atoms with van der Waals surface area (Å²) in [6.45, 7) is 1.08. The predicted molar refractivity (Wildman–Crippen MR) is 69.8 cm³/mol. The van der Waals surface area contributed by atoms with E-state index in [4.69, 9.17) is 5.73 Å². The Kier molecular flexibility index (Phi) is 4.27. The van der Waals surface area contributed by atoms with Gasteiger partial charge in [-0.1, -0.05) is 12.8 Å². The summed E-state index contributed by atoms with van der Waals surface area (Å²) >= 11 is 0. The molecule has 0 aromatic heterocycles. The van der Waals surface area contributed by atoms with Gasteiger partial charge < -0.3 is 10.6 Å². The van der Waals surface area contributed by atoms with E-state index in [1.165, 1.54) is 0 Å². The molecule has 1 aliphatic heterocycles. The van der Waals surface area contributed by atoms with Crippen LogP contribution >= 0.6 is 0 Å². The van der Waals surface area contributed by atoms with Crippen LogP contribution in [-0.2, 0) is 14.6 Å². The van der Waals surface area contributed by atoms with Crippen molar-refractivity contribution in [2.75, 3.05) is 18.8 Å². The maximum absolute atomic E-state index is 12.1. The van der Waals surface area contributed by atoms with Crippen molar-refractivity contribution < 1.29 is 13.2 Å².